The zero-order valence-corrected chi connectivity index (χ0v) is 12.9. The molecule has 22 heavy (non-hydrogen) atoms. The number of aryl methyl sites for hydroxylation is 3. The van der Waals surface area contributed by atoms with Crippen LogP contribution in [0.3, 0.4) is 0 Å². The number of fused-ring (bicyclic) bond motifs is 1. The van der Waals surface area contributed by atoms with Crippen LogP contribution in [-0.2, 0) is 4.79 Å². The molecule has 1 N–H and O–H groups in total. The molecule has 2 heterocycles. The predicted octanol–water partition coefficient (Wildman–Crippen LogP) is 2.46. The number of pyridine rings is 1. The molecule has 0 spiro atoms. The molecule has 1 aromatic heterocycles. The summed E-state index contributed by atoms with van der Waals surface area (Å²) >= 11 is 0. The number of aliphatic carboxylic acids is 1. The lowest BCUT2D eigenvalue weighted by atomic mass is 9.97. The summed E-state index contributed by atoms with van der Waals surface area (Å²) in [6.07, 6.45) is 0.515. The van der Waals surface area contributed by atoms with Crippen LogP contribution in [0.4, 0.5) is 0 Å². The first-order chi connectivity index (χ1) is 10.4. The quantitative estimate of drug-likeness (QED) is 0.924. The van der Waals surface area contributed by atoms with Crippen molar-refractivity contribution in [3.8, 4) is 0 Å². The monoisotopic (exact) mass is 298 g/mol. The van der Waals surface area contributed by atoms with Gasteiger partial charge in [-0.1, -0.05) is 11.6 Å². The fraction of sp³-hybridized carbons (Fsp3) is 0.353. The molecule has 1 aliphatic rings. The molecule has 1 aromatic carbocycles. The van der Waals surface area contributed by atoms with Crippen molar-refractivity contribution in [2.24, 2.45) is 0 Å². The van der Waals surface area contributed by atoms with Crippen LogP contribution in [-0.4, -0.2) is 39.5 Å². The van der Waals surface area contributed by atoms with Gasteiger partial charge in [0.1, 0.15) is 6.04 Å². The maximum absolute atomic E-state index is 12.8. The van der Waals surface area contributed by atoms with Gasteiger partial charge in [-0.15, -0.1) is 0 Å². The number of carbonyl (C=O) groups excluding carboxylic acids is 1. The number of aromatic nitrogens is 1. The summed E-state index contributed by atoms with van der Waals surface area (Å²) < 4.78 is 0. The number of hydrogen-bond acceptors (Lipinski definition) is 3. The Bertz CT molecular complexity index is 798. The number of hydrogen-bond donors (Lipinski definition) is 1. The summed E-state index contributed by atoms with van der Waals surface area (Å²) in [4.78, 5) is 29.9. The molecular weight excluding hydrogens is 280 g/mol. The van der Waals surface area contributed by atoms with E-state index in [9.17, 15) is 9.59 Å². The first kappa shape index (κ1) is 14.5. The van der Waals surface area contributed by atoms with Crippen LogP contribution in [0.1, 0.15) is 33.6 Å². The van der Waals surface area contributed by atoms with Crippen molar-refractivity contribution >= 4 is 22.8 Å². The molecule has 1 aliphatic heterocycles. The highest BCUT2D eigenvalue weighted by atomic mass is 16.4. The van der Waals surface area contributed by atoms with Crippen molar-refractivity contribution in [1.82, 2.24) is 9.88 Å². The minimum atomic E-state index is -0.943. The van der Waals surface area contributed by atoms with Gasteiger partial charge >= 0.3 is 5.97 Å². The highest BCUT2D eigenvalue weighted by Crippen LogP contribution is 2.27. The maximum Gasteiger partial charge on any atom is 0.326 e. The third-order valence-corrected chi connectivity index (χ3v) is 4.17. The zero-order valence-electron chi connectivity index (χ0n) is 12.9. The third-order valence-electron chi connectivity index (χ3n) is 4.17. The van der Waals surface area contributed by atoms with Crippen LogP contribution >= 0.6 is 0 Å². The van der Waals surface area contributed by atoms with E-state index >= 15 is 0 Å². The Morgan fingerprint density at radius 3 is 2.55 bits per heavy atom. The van der Waals surface area contributed by atoms with Gasteiger partial charge in [0.05, 0.1) is 11.1 Å². The minimum Gasteiger partial charge on any atom is -0.480 e. The first-order valence-electron chi connectivity index (χ1n) is 7.31. The summed E-state index contributed by atoms with van der Waals surface area (Å²) in [5, 5.41) is 9.94. The van der Waals surface area contributed by atoms with E-state index < -0.39 is 12.0 Å². The Morgan fingerprint density at radius 1 is 1.23 bits per heavy atom. The molecule has 5 heteroatoms. The lowest BCUT2D eigenvalue weighted by Crippen LogP contribution is -2.55. The molecule has 0 saturated carbocycles. The molecule has 3 rings (SSSR count). The van der Waals surface area contributed by atoms with Gasteiger partial charge in [0.15, 0.2) is 0 Å². The number of nitrogens with zero attached hydrogens (tertiary/aromatic N) is 2. The summed E-state index contributed by atoms with van der Waals surface area (Å²) in [6.45, 7) is 6.29. The molecular formula is C17H18N2O3. The van der Waals surface area contributed by atoms with Gasteiger partial charge < -0.3 is 10.0 Å². The molecule has 2 aromatic rings. The maximum atomic E-state index is 12.8. The Labute approximate surface area is 128 Å². The Balaban J connectivity index is 2.14. The summed E-state index contributed by atoms with van der Waals surface area (Å²) in [5.74, 6) is -1.17. The van der Waals surface area contributed by atoms with Gasteiger partial charge in [-0.05, 0) is 44.9 Å². The van der Waals surface area contributed by atoms with Gasteiger partial charge in [-0.3, -0.25) is 9.78 Å². The van der Waals surface area contributed by atoms with Gasteiger partial charge in [-0.2, -0.15) is 0 Å². The van der Waals surface area contributed by atoms with Crippen LogP contribution in [0.5, 0.6) is 0 Å². The average Bonchev–Trinajstić information content (AvgIpc) is 2.36. The second-order valence-corrected chi connectivity index (χ2v) is 5.93. The van der Waals surface area contributed by atoms with E-state index in [0.717, 1.165) is 27.7 Å². The first-order valence-corrected chi connectivity index (χ1v) is 7.31. The highest BCUT2D eigenvalue weighted by Gasteiger charge is 2.38. The van der Waals surface area contributed by atoms with E-state index in [2.05, 4.69) is 4.98 Å². The fourth-order valence-electron chi connectivity index (χ4n) is 3.03. The molecule has 1 atom stereocenters. The second-order valence-electron chi connectivity index (χ2n) is 5.93. The highest BCUT2D eigenvalue weighted by molar-refractivity contribution is 6.08. The van der Waals surface area contributed by atoms with Crippen molar-refractivity contribution in [2.75, 3.05) is 6.54 Å². The largest absolute Gasteiger partial charge is 0.480 e. The fourth-order valence-corrected chi connectivity index (χ4v) is 3.03. The van der Waals surface area contributed by atoms with Crippen LogP contribution in [0.15, 0.2) is 18.2 Å². The molecule has 5 nitrogen and oxygen atoms in total. The van der Waals surface area contributed by atoms with E-state index in [-0.39, 0.29) is 5.91 Å². The van der Waals surface area contributed by atoms with Gasteiger partial charge in [0, 0.05) is 17.6 Å². The number of carboxylic acid groups (broad SMARTS) is 1. The van der Waals surface area contributed by atoms with Crippen LogP contribution in [0, 0.1) is 20.8 Å². The summed E-state index contributed by atoms with van der Waals surface area (Å²) in [7, 11) is 0. The molecule has 1 saturated heterocycles. The number of rotatable bonds is 2. The topological polar surface area (TPSA) is 70.5 Å². The number of amides is 1. The normalized spacial score (nSPS) is 17.4. The van der Waals surface area contributed by atoms with E-state index in [1.54, 1.807) is 6.07 Å². The second kappa shape index (κ2) is 5.09. The summed E-state index contributed by atoms with van der Waals surface area (Å²) in [6, 6.07) is 5.02. The van der Waals surface area contributed by atoms with Crippen LogP contribution < -0.4 is 0 Å². The van der Waals surface area contributed by atoms with Crippen LogP contribution in [0.2, 0.25) is 0 Å². The molecule has 1 fully saturated rings. The van der Waals surface area contributed by atoms with Crippen molar-refractivity contribution in [1.29, 1.82) is 0 Å². The van der Waals surface area contributed by atoms with E-state index in [0.29, 0.717) is 18.5 Å². The van der Waals surface area contributed by atoms with Crippen LogP contribution in [0.25, 0.3) is 10.9 Å². The van der Waals surface area contributed by atoms with Gasteiger partial charge in [0.2, 0.25) is 0 Å². The number of likely N-dealkylation sites (tertiary alicyclic amines) is 1. The number of carbonyl (C=O) groups is 2. The van der Waals surface area contributed by atoms with E-state index in [4.69, 9.17) is 5.11 Å². The minimum absolute atomic E-state index is 0.223. The zero-order chi connectivity index (χ0) is 16.0. The van der Waals surface area contributed by atoms with Crippen molar-refractivity contribution < 1.29 is 14.7 Å². The lowest BCUT2D eigenvalue weighted by Gasteiger charge is -2.38. The van der Waals surface area contributed by atoms with E-state index in [1.807, 2.05) is 32.9 Å². The Morgan fingerprint density at radius 2 is 1.95 bits per heavy atom. The molecule has 0 radical (unpaired) electrons. The summed E-state index contributed by atoms with van der Waals surface area (Å²) in [5.41, 5.74) is 4.19. The Kier molecular flexibility index (Phi) is 3.35. The van der Waals surface area contributed by atoms with Crippen molar-refractivity contribution in [3.05, 3.63) is 40.6 Å². The standard InChI is InChI=1S/C17H18N2O3/c1-9-6-10(2)15-12(7-9)13(8-11(3)18-15)16(20)19-5-4-14(19)17(21)22/h6-8,14H,4-5H2,1-3H3,(H,21,22)/t14-/m0/s1. The predicted molar refractivity (Wildman–Crippen MR) is 83.0 cm³/mol. The molecule has 1 amide bonds. The number of carboxylic acids is 1. The smallest absolute Gasteiger partial charge is 0.326 e. The lowest BCUT2D eigenvalue weighted by molar-refractivity contribution is -0.146. The van der Waals surface area contributed by atoms with E-state index in [1.165, 1.54) is 4.90 Å². The molecule has 0 aliphatic carbocycles. The average molecular weight is 298 g/mol. The van der Waals surface area contributed by atoms with Crippen molar-refractivity contribution in [2.45, 2.75) is 33.2 Å². The third kappa shape index (κ3) is 2.22. The molecule has 0 bridgehead atoms. The van der Waals surface area contributed by atoms with Crippen molar-refractivity contribution in [3.63, 3.8) is 0 Å². The molecule has 0 unspecified atom stereocenters. The van der Waals surface area contributed by atoms with Gasteiger partial charge in [0.25, 0.3) is 5.91 Å². The Hall–Kier alpha value is -2.43. The van der Waals surface area contributed by atoms with Gasteiger partial charge in [-0.25, -0.2) is 4.79 Å². The number of benzene rings is 1. The SMILES string of the molecule is Cc1cc(C)c2nc(C)cc(C(=O)N3CC[C@H]3C(=O)O)c2c1. The molecule has 114 valence electrons.